The van der Waals surface area contributed by atoms with Crippen LogP contribution in [0, 0.1) is 13.8 Å². The Morgan fingerprint density at radius 1 is 1.30 bits per heavy atom. The number of ether oxygens (including phenoxy) is 1. The van der Waals surface area contributed by atoms with E-state index < -0.39 is 0 Å². The van der Waals surface area contributed by atoms with Crippen molar-refractivity contribution in [2.75, 3.05) is 6.61 Å². The van der Waals surface area contributed by atoms with Crippen molar-refractivity contribution in [1.29, 1.82) is 0 Å². The second-order valence-electron chi connectivity index (χ2n) is 5.52. The smallest absolute Gasteiger partial charge is 0.123 e. The minimum atomic E-state index is 0.302. The summed E-state index contributed by atoms with van der Waals surface area (Å²) in [4.78, 5) is 0. The van der Waals surface area contributed by atoms with Gasteiger partial charge >= 0.3 is 0 Å². The number of rotatable bonds is 8. The van der Waals surface area contributed by atoms with Crippen molar-refractivity contribution in [3.05, 3.63) is 27.8 Å². The van der Waals surface area contributed by atoms with E-state index in [0.29, 0.717) is 6.04 Å². The monoisotopic (exact) mass is 297 g/mol. The Kier molecular flexibility index (Phi) is 7.39. The maximum absolute atomic E-state index is 6.38. The van der Waals surface area contributed by atoms with E-state index in [1.54, 1.807) is 0 Å². The van der Waals surface area contributed by atoms with Crippen molar-refractivity contribution >= 4 is 11.6 Å². The van der Waals surface area contributed by atoms with Gasteiger partial charge in [0.1, 0.15) is 5.75 Å². The first-order valence-electron chi connectivity index (χ1n) is 7.68. The fraction of sp³-hybridized carbons (Fsp3) is 0.647. The number of halogens is 1. The van der Waals surface area contributed by atoms with E-state index >= 15 is 0 Å². The Bertz CT molecular complexity index is 431. The highest BCUT2D eigenvalue weighted by molar-refractivity contribution is 6.32. The third-order valence-corrected chi connectivity index (χ3v) is 4.34. The van der Waals surface area contributed by atoms with Gasteiger partial charge in [-0.05, 0) is 68.7 Å². The summed E-state index contributed by atoms with van der Waals surface area (Å²) in [6.45, 7) is 9.13. The molecule has 0 aliphatic rings. The van der Waals surface area contributed by atoms with Crippen LogP contribution in [0.5, 0.6) is 5.75 Å². The first kappa shape index (κ1) is 17.3. The lowest BCUT2D eigenvalue weighted by Gasteiger charge is -2.17. The van der Waals surface area contributed by atoms with Crippen LogP contribution in [0.2, 0.25) is 5.02 Å². The molecule has 0 bridgehead atoms. The van der Waals surface area contributed by atoms with Crippen LogP contribution >= 0.6 is 11.6 Å². The molecule has 1 unspecified atom stereocenters. The normalized spacial score (nSPS) is 12.5. The molecule has 0 amide bonds. The third kappa shape index (κ3) is 4.68. The molecule has 0 heterocycles. The quantitative estimate of drug-likeness (QED) is 0.747. The van der Waals surface area contributed by atoms with Crippen LogP contribution in [-0.4, -0.2) is 12.6 Å². The Morgan fingerprint density at radius 2 is 2.00 bits per heavy atom. The standard InChI is InChI=1S/C17H28ClNO/c1-5-10-20-16-11-12(3)17(18)13(4)15(16)9-7-8-14(19)6-2/h11,14H,5-10,19H2,1-4H3. The van der Waals surface area contributed by atoms with Gasteiger partial charge in [-0.2, -0.15) is 0 Å². The van der Waals surface area contributed by atoms with Gasteiger partial charge in [0, 0.05) is 11.1 Å². The molecule has 20 heavy (non-hydrogen) atoms. The molecule has 2 nitrogen and oxygen atoms in total. The van der Waals surface area contributed by atoms with Crippen molar-refractivity contribution in [2.24, 2.45) is 5.73 Å². The summed E-state index contributed by atoms with van der Waals surface area (Å²) in [5.74, 6) is 0.997. The Balaban J connectivity index is 2.87. The van der Waals surface area contributed by atoms with E-state index in [0.717, 1.165) is 60.6 Å². The lowest BCUT2D eigenvalue weighted by Crippen LogP contribution is -2.18. The molecule has 1 atom stereocenters. The Hall–Kier alpha value is -0.730. The van der Waals surface area contributed by atoms with Gasteiger partial charge in [-0.3, -0.25) is 0 Å². The summed E-state index contributed by atoms with van der Waals surface area (Å²) >= 11 is 6.38. The van der Waals surface area contributed by atoms with Crippen LogP contribution in [-0.2, 0) is 6.42 Å². The topological polar surface area (TPSA) is 35.2 Å². The van der Waals surface area contributed by atoms with Crippen molar-refractivity contribution in [3.8, 4) is 5.75 Å². The van der Waals surface area contributed by atoms with Gasteiger partial charge < -0.3 is 10.5 Å². The molecule has 0 aliphatic heterocycles. The van der Waals surface area contributed by atoms with Crippen molar-refractivity contribution in [2.45, 2.75) is 65.8 Å². The first-order valence-corrected chi connectivity index (χ1v) is 8.05. The molecule has 114 valence electrons. The second kappa shape index (κ2) is 8.53. The summed E-state index contributed by atoms with van der Waals surface area (Å²) in [5.41, 5.74) is 9.48. The van der Waals surface area contributed by atoms with Gasteiger partial charge in [-0.1, -0.05) is 25.4 Å². The number of nitrogens with two attached hydrogens (primary N) is 1. The lowest BCUT2D eigenvalue weighted by atomic mass is 9.97. The predicted molar refractivity (Wildman–Crippen MR) is 87.9 cm³/mol. The van der Waals surface area contributed by atoms with E-state index in [9.17, 15) is 0 Å². The van der Waals surface area contributed by atoms with Gasteiger partial charge in [-0.25, -0.2) is 0 Å². The largest absolute Gasteiger partial charge is 0.493 e. The average molecular weight is 298 g/mol. The van der Waals surface area contributed by atoms with Gasteiger partial charge in [0.25, 0.3) is 0 Å². The highest BCUT2D eigenvalue weighted by atomic mass is 35.5. The Labute approximate surface area is 128 Å². The molecule has 0 spiro atoms. The van der Waals surface area contributed by atoms with E-state index in [1.165, 1.54) is 5.56 Å². The number of hydrogen-bond acceptors (Lipinski definition) is 2. The van der Waals surface area contributed by atoms with Crippen molar-refractivity contribution < 1.29 is 4.74 Å². The first-order chi connectivity index (χ1) is 9.51. The number of benzene rings is 1. The maximum Gasteiger partial charge on any atom is 0.123 e. The fourth-order valence-electron chi connectivity index (χ4n) is 2.36. The molecule has 1 aromatic rings. The van der Waals surface area contributed by atoms with Gasteiger partial charge in [0.2, 0.25) is 0 Å². The minimum absolute atomic E-state index is 0.302. The molecular formula is C17H28ClNO. The zero-order valence-corrected chi connectivity index (χ0v) is 14.0. The molecule has 3 heteroatoms. The summed E-state index contributed by atoms with van der Waals surface area (Å²) in [7, 11) is 0. The molecule has 0 aromatic heterocycles. The highest BCUT2D eigenvalue weighted by Gasteiger charge is 2.13. The van der Waals surface area contributed by atoms with Crippen LogP contribution in [0.3, 0.4) is 0 Å². The zero-order chi connectivity index (χ0) is 15.1. The molecule has 0 radical (unpaired) electrons. The molecule has 0 saturated carbocycles. The summed E-state index contributed by atoms with van der Waals surface area (Å²) in [6.07, 6.45) is 5.17. The van der Waals surface area contributed by atoms with E-state index in [1.807, 2.05) is 6.92 Å². The molecule has 1 rings (SSSR count). The number of aryl methyl sites for hydroxylation is 1. The molecule has 1 aromatic carbocycles. The lowest BCUT2D eigenvalue weighted by molar-refractivity contribution is 0.313. The average Bonchev–Trinajstić information content (AvgIpc) is 2.45. The summed E-state index contributed by atoms with van der Waals surface area (Å²) in [6, 6.07) is 2.37. The van der Waals surface area contributed by atoms with Crippen molar-refractivity contribution in [1.82, 2.24) is 0 Å². The van der Waals surface area contributed by atoms with E-state index in [4.69, 9.17) is 22.1 Å². The molecule has 2 N–H and O–H groups in total. The highest BCUT2D eigenvalue weighted by Crippen LogP contribution is 2.33. The second-order valence-corrected chi connectivity index (χ2v) is 5.90. The number of hydrogen-bond donors (Lipinski definition) is 1. The molecule has 0 aliphatic carbocycles. The Morgan fingerprint density at radius 3 is 2.60 bits per heavy atom. The third-order valence-electron chi connectivity index (χ3n) is 3.76. The SMILES string of the molecule is CCCOc1cc(C)c(Cl)c(C)c1CCCC(N)CC. The fourth-order valence-corrected chi connectivity index (χ4v) is 2.53. The van der Waals surface area contributed by atoms with Crippen LogP contribution in [0.25, 0.3) is 0 Å². The van der Waals surface area contributed by atoms with Crippen LogP contribution in [0.1, 0.15) is 56.2 Å². The predicted octanol–water partition coefficient (Wildman–Crippen LogP) is 4.81. The van der Waals surface area contributed by atoms with Crippen LogP contribution < -0.4 is 10.5 Å². The van der Waals surface area contributed by atoms with Crippen LogP contribution in [0.4, 0.5) is 0 Å². The molecule has 0 saturated heterocycles. The molecular weight excluding hydrogens is 270 g/mol. The maximum atomic E-state index is 6.38. The molecule has 0 fully saturated rings. The van der Waals surface area contributed by atoms with E-state index in [-0.39, 0.29) is 0 Å². The van der Waals surface area contributed by atoms with Gasteiger partial charge in [0.15, 0.2) is 0 Å². The summed E-state index contributed by atoms with van der Waals surface area (Å²) < 4.78 is 5.90. The minimum Gasteiger partial charge on any atom is -0.493 e. The zero-order valence-electron chi connectivity index (χ0n) is 13.3. The van der Waals surface area contributed by atoms with Gasteiger partial charge in [-0.15, -0.1) is 0 Å². The van der Waals surface area contributed by atoms with Gasteiger partial charge in [0.05, 0.1) is 6.61 Å². The van der Waals surface area contributed by atoms with Crippen molar-refractivity contribution in [3.63, 3.8) is 0 Å². The van der Waals surface area contributed by atoms with Crippen LogP contribution in [0.15, 0.2) is 6.07 Å². The summed E-state index contributed by atoms with van der Waals surface area (Å²) in [5, 5.41) is 0.864. The van der Waals surface area contributed by atoms with E-state index in [2.05, 4.69) is 26.8 Å².